The number of nitrogens with zero attached hydrogens (tertiary/aromatic N) is 1. The maximum atomic E-state index is 4.46. The number of aryl methyl sites for hydroxylation is 2. The molecular formula is C12H16N2S2. The summed E-state index contributed by atoms with van der Waals surface area (Å²) in [6.07, 6.45) is 0. The first-order chi connectivity index (χ1) is 7.66. The van der Waals surface area contributed by atoms with Crippen LogP contribution in [0.25, 0.3) is 0 Å². The zero-order chi connectivity index (χ0) is 11.5. The molecule has 0 saturated heterocycles. The first-order valence-electron chi connectivity index (χ1n) is 5.36. The quantitative estimate of drug-likeness (QED) is 0.898. The molecule has 2 aromatic heterocycles. The highest BCUT2D eigenvalue weighted by atomic mass is 32.1. The number of nitrogens with one attached hydrogen (secondary N) is 1. The maximum absolute atomic E-state index is 4.46. The molecule has 0 aliphatic carbocycles. The van der Waals surface area contributed by atoms with E-state index in [1.165, 1.54) is 9.75 Å². The normalized spacial score (nSPS) is 12.9. The third-order valence-electron chi connectivity index (χ3n) is 2.50. The van der Waals surface area contributed by atoms with E-state index in [1.807, 2.05) is 0 Å². The molecule has 2 nitrogen and oxygen atoms in total. The van der Waals surface area contributed by atoms with Gasteiger partial charge in [-0.15, -0.1) is 22.7 Å². The molecule has 0 aromatic carbocycles. The minimum atomic E-state index is 0.383. The van der Waals surface area contributed by atoms with Crippen molar-refractivity contribution in [1.82, 2.24) is 10.3 Å². The van der Waals surface area contributed by atoms with Crippen LogP contribution in [0.3, 0.4) is 0 Å². The highest BCUT2D eigenvalue weighted by molar-refractivity contribution is 7.11. The summed E-state index contributed by atoms with van der Waals surface area (Å²) in [5.74, 6) is 0. The summed E-state index contributed by atoms with van der Waals surface area (Å²) >= 11 is 3.58. The van der Waals surface area contributed by atoms with E-state index in [-0.39, 0.29) is 0 Å². The Morgan fingerprint density at radius 1 is 1.44 bits per heavy atom. The summed E-state index contributed by atoms with van der Waals surface area (Å²) in [5.41, 5.74) is 1.16. The molecule has 2 heterocycles. The van der Waals surface area contributed by atoms with Crippen LogP contribution < -0.4 is 5.32 Å². The van der Waals surface area contributed by atoms with Crippen molar-refractivity contribution in [3.05, 3.63) is 38.0 Å². The Morgan fingerprint density at radius 3 is 2.81 bits per heavy atom. The van der Waals surface area contributed by atoms with E-state index in [2.05, 4.69) is 48.6 Å². The van der Waals surface area contributed by atoms with Crippen molar-refractivity contribution < 1.29 is 0 Å². The van der Waals surface area contributed by atoms with Gasteiger partial charge in [-0.2, -0.15) is 0 Å². The van der Waals surface area contributed by atoms with Crippen LogP contribution >= 0.6 is 22.7 Å². The number of thiophene rings is 1. The molecule has 1 unspecified atom stereocenters. The van der Waals surface area contributed by atoms with Crippen molar-refractivity contribution in [3.63, 3.8) is 0 Å². The summed E-state index contributed by atoms with van der Waals surface area (Å²) in [7, 11) is 0. The number of rotatable bonds is 4. The average molecular weight is 252 g/mol. The Balaban J connectivity index is 1.98. The molecule has 4 heteroatoms. The molecule has 86 valence electrons. The van der Waals surface area contributed by atoms with Gasteiger partial charge in [0.1, 0.15) is 0 Å². The molecule has 1 atom stereocenters. The topological polar surface area (TPSA) is 24.9 Å². The molecular weight excluding hydrogens is 236 g/mol. The van der Waals surface area contributed by atoms with Gasteiger partial charge in [0.2, 0.25) is 0 Å². The lowest BCUT2D eigenvalue weighted by atomic mass is 10.2. The van der Waals surface area contributed by atoms with Crippen molar-refractivity contribution >= 4 is 22.7 Å². The second-order valence-corrected chi connectivity index (χ2v) is 6.13. The van der Waals surface area contributed by atoms with E-state index in [0.29, 0.717) is 6.04 Å². The van der Waals surface area contributed by atoms with E-state index in [0.717, 1.165) is 17.2 Å². The molecule has 2 aromatic rings. The van der Waals surface area contributed by atoms with Crippen LogP contribution in [0, 0.1) is 13.8 Å². The summed E-state index contributed by atoms with van der Waals surface area (Å²) < 4.78 is 0. The van der Waals surface area contributed by atoms with Crippen LogP contribution in [-0.2, 0) is 6.54 Å². The molecule has 0 amide bonds. The smallest absolute Gasteiger partial charge is 0.0900 e. The highest BCUT2D eigenvalue weighted by Gasteiger charge is 2.12. The molecule has 0 aliphatic rings. The predicted molar refractivity (Wildman–Crippen MR) is 71.2 cm³/mol. The van der Waals surface area contributed by atoms with Gasteiger partial charge in [0.25, 0.3) is 0 Å². The molecule has 1 N–H and O–H groups in total. The van der Waals surface area contributed by atoms with Gasteiger partial charge in [-0.1, -0.05) is 6.07 Å². The lowest BCUT2D eigenvalue weighted by Gasteiger charge is -2.11. The largest absolute Gasteiger partial charge is 0.304 e. The summed E-state index contributed by atoms with van der Waals surface area (Å²) in [6.45, 7) is 7.29. The van der Waals surface area contributed by atoms with E-state index >= 15 is 0 Å². The molecule has 0 fully saturated rings. The van der Waals surface area contributed by atoms with Crippen LogP contribution in [0.15, 0.2) is 17.5 Å². The van der Waals surface area contributed by atoms with Crippen LogP contribution in [0.4, 0.5) is 0 Å². The lowest BCUT2D eigenvalue weighted by Crippen LogP contribution is -2.17. The average Bonchev–Trinajstić information content (AvgIpc) is 2.84. The molecule has 0 bridgehead atoms. The first kappa shape index (κ1) is 11.8. The minimum Gasteiger partial charge on any atom is -0.304 e. The van der Waals surface area contributed by atoms with E-state index in [9.17, 15) is 0 Å². The fourth-order valence-corrected chi connectivity index (χ4v) is 3.32. The van der Waals surface area contributed by atoms with Crippen molar-refractivity contribution in [2.24, 2.45) is 0 Å². The van der Waals surface area contributed by atoms with E-state index in [1.54, 1.807) is 22.7 Å². The molecule has 2 rings (SSSR count). The van der Waals surface area contributed by atoms with Gasteiger partial charge in [-0.3, -0.25) is 0 Å². The second kappa shape index (κ2) is 5.08. The SMILES string of the molecule is Cc1nc(C)c(C(C)NCc2cccs2)s1. The fourth-order valence-electron chi connectivity index (χ4n) is 1.71. The Hall–Kier alpha value is -0.710. The maximum Gasteiger partial charge on any atom is 0.0900 e. The minimum absolute atomic E-state index is 0.383. The van der Waals surface area contributed by atoms with Crippen LogP contribution in [0.5, 0.6) is 0 Å². The lowest BCUT2D eigenvalue weighted by molar-refractivity contribution is 0.584. The molecule has 0 radical (unpaired) electrons. The Kier molecular flexibility index (Phi) is 3.74. The van der Waals surface area contributed by atoms with Crippen LogP contribution in [0.2, 0.25) is 0 Å². The number of aromatic nitrogens is 1. The van der Waals surface area contributed by atoms with E-state index in [4.69, 9.17) is 0 Å². The standard InChI is InChI=1S/C12H16N2S2/c1-8(12-9(2)14-10(3)16-12)13-7-11-5-4-6-15-11/h4-6,8,13H,7H2,1-3H3. The van der Waals surface area contributed by atoms with Gasteiger partial charge >= 0.3 is 0 Å². The number of hydrogen-bond acceptors (Lipinski definition) is 4. The Morgan fingerprint density at radius 2 is 2.25 bits per heavy atom. The number of hydrogen-bond donors (Lipinski definition) is 1. The zero-order valence-electron chi connectivity index (χ0n) is 9.78. The van der Waals surface area contributed by atoms with Gasteiger partial charge < -0.3 is 5.32 Å². The first-order valence-corrected chi connectivity index (χ1v) is 7.06. The summed E-state index contributed by atoms with van der Waals surface area (Å²) in [6, 6.07) is 4.64. The Labute approximate surface area is 104 Å². The van der Waals surface area contributed by atoms with Gasteiger partial charge in [-0.25, -0.2) is 4.98 Å². The van der Waals surface area contributed by atoms with Gasteiger partial charge in [-0.05, 0) is 32.2 Å². The molecule has 0 saturated carbocycles. The highest BCUT2D eigenvalue weighted by Crippen LogP contribution is 2.24. The molecule has 0 aliphatic heterocycles. The van der Waals surface area contributed by atoms with Crippen molar-refractivity contribution in [2.75, 3.05) is 0 Å². The monoisotopic (exact) mass is 252 g/mol. The van der Waals surface area contributed by atoms with Gasteiger partial charge in [0.05, 0.1) is 10.7 Å². The fraction of sp³-hybridized carbons (Fsp3) is 0.417. The molecule has 16 heavy (non-hydrogen) atoms. The van der Waals surface area contributed by atoms with Crippen molar-refractivity contribution in [3.8, 4) is 0 Å². The van der Waals surface area contributed by atoms with Gasteiger partial charge in [0.15, 0.2) is 0 Å². The summed E-state index contributed by atoms with van der Waals surface area (Å²) in [4.78, 5) is 7.19. The van der Waals surface area contributed by atoms with Crippen LogP contribution in [-0.4, -0.2) is 4.98 Å². The third kappa shape index (κ3) is 2.70. The van der Waals surface area contributed by atoms with Crippen molar-refractivity contribution in [1.29, 1.82) is 0 Å². The number of thiazole rings is 1. The third-order valence-corrected chi connectivity index (χ3v) is 4.63. The van der Waals surface area contributed by atoms with Crippen LogP contribution in [0.1, 0.15) is 33.4 Å². The predicted octanol–water partition coefficient (Wildman–Crippen LogP) is 3.67. The van der Waals surface area contributed by atoms with E-state index < -0.39 is 0 Å². The zero-order valence-corrected chi connectivity index (χ0v) is 11.4. The van der Waals surface area contributed by atoms with Crippen molar-refractivity contribution in [2.45, 2.75) is 33.4 Å². The molecule has 0 spiro atoms. The Bertz CT molecular complexity index is 446. The summed E-state index contributed by atoms with van der Waals surface area (Å²) in [5, 5.41) is 6.80. The van der Waals surface area contributed by atoms with Gasteiger partial charge in [0, 0.05) is 22.3 Å². The second-order valence-electron chi connectivity index (χ2n) is 3.86.